The van der Waals surface area contributed by atoms with Crippen molar-refractivity contribution in [2.75, 3.05) is 5.32 Å². The lowest BCUT2D eigenvalue weighted by Gasteiger charge is -2.03. The summed E-state index contributed by atoms with van der Waals surface area (Å²) >= 11 is 9.12. The molecule has 0 unspecified atom stereocenters. The third kappa shape index (κ3) is 2.37. The highest BCUT2D eigenvalue weighted by Crippen LogP contribution is 2.25. The maximum Gasteiger partial charge on any atom is 0.297 e. The second-order valence-electron chi connectivity index (χ2n) is 2.82. The molecule has 1 aromatic heterocycles. The van der Waals surface area contributed by atoms with Gasteiger partial charge in [-0.3, -0.25) is 4.79 Å². The summed E-state index contributed by atoms with van der Waals surface area (Å²) in [6.07, 6.45) is 0. The van der Waals surface area contributed by atoms with Gasteiger partial charge >= 0.3 is 0 Å². The molecule has 0 saturated heterocycles. The number of anilines is 1. The summed E-state index contributed by atoms with van der Waals surface area (Å²) < 4.78 is 0.756. The highest BCUT2D eigenvalue weighted by molar-refractivity contribution is 9.10. The lowest BCUT2D eigenvalue weighted by molar-refractivity contribution is 0.101. The number of carbonyl (C=O) groups is 1. The van der Waals surface area contributed by atoms with Crippen LogP contribution in [0.15, 0.2) is 22.7 Å². The normalized spacial score (nSPS) is 10.1. The Bertz CT molecular complexity index is 515. The molecule has 0 atom stereocenters. The molecule has 0 saturated carbocycles. The molecule has 82 valence electrons. The Hall–Kier alpha value is -1.47. The van der Waals surface area contributed by atoms with Gasteiger partial charge in [-0.1, -0.05) is 11.6 Å². The van der Waals surface area contributed by atoms with E-state index in [1.165, 1.54) is 0 Å². The van der Waals surface area contributed by atoms with E-state index in [2.05, 4.69) is 41.9 Å². The summed E-state index contributed by atoms with van der Waals surface area (Å²) in [6, 6.07) is 5.05. The van der Waals surface area contributed by atoms with Crippen LogP contribution in [0.25, 0.3) is 0 Å². The molecule has 16 heavy (non-hydrogen) atoms. The molecule has 0 aliphatic carbocycles. The molecular weight excluding hydrogens is 297 g/mol. The molecule has 2 N–H and O–H groups in total. The monoisotopic (exact) mass is 301 g/mol. The fourth-order valence-electron chi connectivity index (χ4n) is 1.02. The zero-order valence-electron chi connectivity index (χ0n) is 7.74. The Kier molecular flexibility index (Phi) is 3.16. The number of nitrogens with one attached hydrogen (secondary N) is 2. The first kappa shape index (κ1) is 11.0. The number of amides is 1. The highest BCUT2D eigenvalue weighted by atomic mass is 79.9. The molecule has 0 radical (unpaired) electrons. The van der Waals surface area contributed by atoms with Crippen LogP contribution in [-0.2, 0) is 0 Å². The average molecular weight is 303 g/mol. The van der Waals surface area contributed by atoms with Crippen molar-refractivity contribution in [2.24, 2.45) is 0 Å². The third-order valence-electron chi connectivity index (χ3n) is 1.73. The molecule has 0 aliphatic heterocycles. The van der Waals surface area contributed by atoms with Gasteiger partial charge in [-0.25, -0.2) is 0 Å². The molecule has 2 aromatic rings. The number of nitrogens with zero attached hydrogens (tertiary/aromatic N) is 3. The number of halogens is 2. The van der Waals surface area contributed by atoms with E-state index >= 15 is 0 Å². The van der Waals surface area contributed by atoms with Crippen LogP contribution >= 0.6 is 27.5 Å². The molecule has 8 heteroatoms. The van der Waals surface area contributed by atoms with Crippen LogP contribution in [-0.4, -0.2) is 26.5 Å². The van der Waals surface area contributed by atoms with Crippen molar-refractivity contribution in [3.05, 3.63) is 33.5 Å². The molecule has 1 amide bonds. The minimum atomic E-state index is -0.452. The van der Waals surface area contributed by atoms with Gasteiger partial charge in [0, 0.05) is 10.2 Å². The van der Waals surface area contributed by atoms with Gasteiger partial charge in [0.1, 0.15) is 0 Å². The number of H-pyrrole nitrogens is 1. The van der Waals surface area contributed by atoms with Crippen LogP contribution in [0.1, 0.15) is 10.6 Å². The van der Waals surface area contributed by atoms with E-state index in [1.807, 2.05) is 0 Å². The summed E-state index contributed by atoms with van der Waals surface area (Å²) in [6.45, 7) is 0. The Morgan fingerprint density at radius 3 is 2.94 bits per heavy atom. The molecular formula is C8H5BrClN5O. The number of tetrazole rings is 1. The topological polar surface area (TPSA) is 83.6 Å². The van der Waals surface area contributed by atoms with Crippen molar-refractivity contribution in [1.82, 2.24) is 20.6 Å². The predicted octanol–water partition coefficient (Wildman–Crippen LogP) is 1.87. The smallest absolute Gasteiger partial charge is 0.297 e. The van der Waals surface area contributed by atoms with Gasteiger partial charge in [-0.15, -0.1) is 10.2 Å². The first-order valence-electron chi connectivity index (χ1n) is 4.16. The number of carbonyl (C=O) groups excluding carboxylic acids is 1. The summed E-state index contributed by atoms with van der Waals surface area (Å²) in [5, 5.41) is 15.7. The van der Waals surface area contributed by atoms with Crippen LogP contribution in [0.5, 0.6) is 0 Å². The SMILES string of the molecule is O=C(Nc1ccc(Br)c(Cl)c1)c1nn[nH]n1. The van der Waals surface area contributed by atoms with E-state index < -0.39 is 5.91 Å². The molecule has 0 bridgehead atoms. The third-order valence-corrected chi connectivity index (χ3v) is 2.96. The standard InChI is InChI=1S/C8H5BrClN5O/c9-5-2-1-4(3-6(5)10)11-8(16)7-12-14-15-13-7/h1-3H,(H,11,16)(H,12,13,14,15). The molecule has 0 fully saturated rings. The summed E-state index contributed by atoms with van der Waals surface area (Å²) in [4.78, 5) is 11.5. The molecule has 0 aliphatic rings. The lowest BCUT2D eigenvalue weighted by atomic mass is 10.3. The van der Waals surface area contributed by atoms with E-state index in [1.54, 1.807) is 18.2 Å². The number of benzene rings is 1. The van der Waals surface area contributed by atoms with Crippen LogP contribution < -0.4 is 5.32 Å². The Balaban J connectivity index is 2.15. The Morgan fingerprint density at radius 2 is 2.31 bits per heavy atom. The number of aromatic nitrogens is 4. The van der Waals surface area contributed by atoms with Gasteiger partial charge in [-0.05, 0) is 39.3 Å². The van der Waals surface area contributed by atoms with E-state index in [9.17, 15) is 4.79 Å². The molecule has 6 nitrogen and oxygen atoms in total. The first-order chi connectivity index (χ1) is 7.66. The van der Waals surface area contributed by atoms with Gasteiger partial charge < -0.3 is 5.32 Å². The predicted molar refractivity (Wildman–Crippen MR) is 61.3 cm³/mol. The van der Waals surface area contributed by atoms with Crippen molar-refractivity contribution < 1.29 is 4.79 Å². The number of hydrogen-bond donors (Lipinski definition) is 2. The van der Waals surface area contributed by atoms with Crippen LogP contribution in [0.4, 0.5) is 5.69 Å². The van der Waals surface area contributed by atoms with Gasteiger partial charge in [0.05, 0.1) is 5.02 Å². The molecule has 0 spiro atoms. The van der Waals surface area contributed by atoms with E-state index in [-0.39, 0.29) is 5.82 Å². The molecule has 1 heterocycles. The number of aromatic amines is 1. The molecule has 2 rings (SSSR count). The van der Waals surface area contributed by atoms with Crippen LogP contribution in [0.3, 0.4) is 0 Å². The first-order valence-corrected chi connectivity index (χ1v) is 5.34. The number of rotatable bonds is 2. The van der Waals surface area contributed by atoms with Gasteiger partial charge in [0.25, 0.3) is 11.7 Å². The zero-order chi connectivity index (χ0) is 11.5. The summed E-state index contributed by atoms with van der Waals surface area (Å²) in [5.41, 5.74) is 0.558. The van der Waals surface area contributed by atoms with E-state index in [0.717, 1.165) is 4.47 Å². The van der Waals surface area contributed by atoms with Crippen LogP contribution in [0.2, 0.25) is 5.02 Å². The second-order valence-corrected chi connectivity index (χ2v) is 4.08. The minimum Gasteiger partial charge on any atom is -0.319 e. The second kappa shape index (κ2) is 4.58. The van der Waals surface area contributed by atoms with E-state index in [0.29, 0.717) is 10.7 Å². The van der Waals surface area contributed by atoms with Crippen molar-refractivity contribution >= 4 is 39.1 Å². The van der Waals surface area contributed by atoms with Gasteiger partial charge in [0.15, 0.2) is 0 Å². The average Bonchev–Trinajstić information content (AvgIpc) is 2.77. The van der Waals surface area contributed by atoms with Crippen LogP contribution in [0, 0.1) is 0 Å². The van der Waals surface area contributed by atoms with Crippen molar-refractivity contribution in [1.29, 1.82) is 0 Å². The lowest BCUT2D eigenvalue weighted by Crippen LogP contribution is -2.13. The summed E-state index contributed by atoms with van der Waals surface area (Å²) in [5.74, 6) is -0.480. The maximum absolute atomic E-state index is 11.5. The quantitative estimate of drug-likeness (QED) is 0.887. The van der Waals surface area contributed by atoms with Gasteiger partial charge in [-0.2, -0.15) is 5.21 Å². The van der Waals surface area contributed by atoms with E-state index in [4.69, 9.17) is 11.6 Å². The maximum atomic E-state index is 11.5. The van der Waals surface area contributed by atoms with Crippen molar-refractivity contribution in [2.45, 2.75) is 0 Å². The zero-order valence-corrected chi connectivity index (χ0v) is 10.1. The highest BCUT2D eigenvalue weighted by Gasteiger charge is 2.11. The van der Waals surface area contributed by atoms with Crippen molar-refractivity contribution in [3.63, 3.8) is 0 Å². The fraction of sp³-hybridized carbons (Fsp3) is 0. The summed E-state index contributed by atoms with van der Waals surface area (Å²) in [7, 11) is 0. The van der Waals surface area contributed by atoms with Crippen molar-refractivity contribution in [3.8, 4) is 0 Å². The Morgan fingerprint density at radius 1 is 1.50 bits per heavy atom. The largest absolute Gasteiger partial charge is 0.319 e. The van der Waals surface area contributed by atoms with Gasteiger partial charge in [0.2, 0.25) is 0 Å². The molecule has 1 aromatic carbocycles. The minimum absolute atomic E-state index is 0.0287. The number of hydrogen-bond acceptors (Lipinski definition) is 4. The fourth-order valence-corrected chi connectivity index (χ4v) is 1.45. The Labute approximate surface area is 104 Å².